The summed E-state index contributed by atoms with van der Waals surface area (Å²) in [6.45, 7) is 6.86. The molecule has 0 spiro atoms. The molecule has 0 aromatic rings. The lowest BCUT2D eigenvalue weighted by Crippen LogP contribution is -2.37. The highest BCUT2D eigenvalue weighted by Crippen LogP contribution is 2.43. The first-order valence-corrected chi connectivity index (χ1v) is 7.26. The van der Waals surface area contributed by atoms with Gasteiger partial charge >= 0.3 is 0 Å². The summed E-state index contributed by atoms with van der Waals surface area (Å²) in [7, 11) is 0. The van der Waals surface area contributed by atoms with Crippen LogP contribution in [0.3, 0.4) is 0 Å². The van der Waals surface area contributed by atoms with Gasteiger partial charge in [0.15, 0.2) is 0 Å². The summed E-state index contributed by atoms with van der Waals surface area (Å²) >= 11 is 0. The Morgan fingerprint density at radius 3 is 1.75 bits per heavy atom. The fourth-order valence-electron chi connectivity index (χ4n) is 4.03. The van der Waals surface area contributed by atoms with Gasteiger partial charge in [0.1, 0.15) is 0 Å². The molecule has 2 aliphatic rings. The van der Waals surface area contributed by atoms with E-state index in [4.69, 9.17) is 0 Å². The van der Waals surface area contributed by atoms with Crippen LogP contribution in [-0.2, 0) is 0 Å². The molecule has 0 aromatic heterocycles. The third-order valence-corrected chi connectivity index (χ3v) is 5.24. The van der Waals surface area contributed by atoms with Crippen molar-refractivity contribution in [1.82, 2.24) is 0 Å². The predicted octanol–water partition coefficient (Wildman–Crippen LogP) is 3.86. The average molecular weight is 224 g/mol. The summed E-state index contributed by atoms with van der Waals surface area (Å²) in [6.07, 6.45) is 8.26. The second kappa shape index (κ2) is 5.08. The van der Waals surface area contributed by atoms with Gasteiger partial charge in [0.25, 0.3) is 0 Å². The number of aliphatic hydroxyl groups is 1. The maximum atomic E-state index is 10.0. The molecule has 94 valence electrons. The van der Waals surface area contributed by atoms with Crippen molar-refractivity contribution in [2.24, 2.45) is 29.6 Å². The molecule has 0 aromatic carbocycles. The monoisotopic (exact) mass is 224 g/mol. The van der Waals surface area contributed by atoms with Gasteiger partial charge in [-0.25, -0.2) is 0 Å². The van der Waals surface area contributed by atoms with E-state index < -0.39 is 0 Å². The van der Waals surface area contributed by atoms with Crippen molar-refractivity contribution in [3.8, 4) is 0 Å². The summed E-state index contributed by atoms with van der Waals surface area (Å²) in [4.78, 5) is 0. The number of aliphatic hydroxyl groups excluding tert-OH is 1. The van der Waals surface area contributed by atoms with Crippen molar-refractivity contribution < 1.29 is 5.11 Å². The Hall–Kier alpha value is -0.0400. The Kier molecular flexibility index (Phi) is 3.94. The van der Waals surface area contributed by atoms with Crippen LogP contribution in [0.1, 0.15) is 59.3 Å². The molecule has 2 unspecified atom stereocenters. The highest BCUT2D eigenvalue weighted by molar-refractivity contribution is 4.86. The maximum absolute atomic E-state index is 10.0. The molecule has 0 bridgehead atoms. The Morgan fingerprint density at radius 2 is 1.25 bits per heavy atom. The van der Waals surface area contributed by atoms with E-state index in [1.807, 2.05) is 0 Å². The van der Waals surface area contributed by atoms with Crippen LogP contribution in [0.4, 0.5) is 0 Å². The molecule has 1 heteroatoms. The first-order chi connectivity index (χ1) is 7.58. The third-order valence-electron chi connectivity index (χ3n) is 5.24. The van der Waals surface area contributed by atoms with Gasteiger partial charge in [-0.2, -0.15) is 0 Å². The van der Waals surface area contributed by atoms with Crippen molar-refractivity contribution in [3.63, 3.8) is 0 Å². The average Bonchev–Trinajstić information content (AvgIpc) is 2.26. The zero-order valence-electron chi connectivity index (χ0n) is 11.2. The van der Waals surface area contributed by atoms with Crippen LogP contribution in [-0.4, -0.2) is 11.2 Å². The van der Waals surface area contributed by atoms with Gasteiger partial charge in [0, 0.05) is 0 Å². The Bertz CT molecular complexity index is 205. The molecule has 2 rings (SSSR count). The third kappa shape index (κ3) is 2.61. The fraction of sp³-hybridized carbons (Fsp3) is 1.00. The van der Waals surface area contributed by atoms with E-state index in [9.17, 15) is 5.11 Å². The van der Waals surface area contributed by atoms with E-state index in [0.717, 1.165) is 17.8 Å². The zero-order valence-corrected chi connectivity index (χ0v) is 11.2. The van der Waals surface area contributed by atoms with Crippen molar-refractivity contribution >= 4 is 0 Å². The van der Waals surface area contributed by atoms with E-state index in [-0.39, 0.29) is 6.10 Å². The summed E-state index contributed by atoms with van der Waals surface area (Å²) in [5.74, 6) is 3.87. The quantitative estimate of drug-likeness (QED) is 0.717. The van der Waals surface area contributed by atoms with Crippen molar-refractivity contribution in [2.45, 2.75) is 65.4 Å². The Morgan fingerprint density at radius 1 is 0.750 bits per heavy atom. The second-order valence-electron chi connectivity index (χ2n) is 6.70. The fourth-order valence-corrected chi connectivity index (χ4v) is 4.03. The topological polar surface area (TPSA) is 20.2 Å². The van der Waals surface area contributed by atoms with Crippen LogP contribution in [0.25, 0.3) is 0 Å². The molecule has 16 heavy (non-hydrogen) atoms. The number of hydrogen-bond acceptors (Lipinski definition) is 1. The molecule has 1 nitrogen and oxygen atoms in total. The molecule has 2 fully saturated rings. The molecule has 0 radical (unpaired) electrons. The molecule has 2 atom stereocenters. The van der Waals surface area contributed by atoms with Crippen LogP contribution in [0.15, 0.2) is 0 Å². The van der Waals surface area contributed by atoms with Crippen LogP contribution >= 0.6 is 0 Å². The Labute approximate surface area is 101 Å². The smallest absolute Gasteiger partial charge is 0.0591 e. The lowest BCUT2D eigenvalue weighted by Gasteiger charge is -2.41. The molecule has 0 aliphatic heterocycles. The molecule has 1 N–H and O–H groups in total. The number of hydrogen-bond donors (Lipinski definition) is 1. The van der Waals surface area contributed by atoms with Crippen LogP contribution in [0, 0.1) is 29.6 Å². The minimum Gasteiger partial charge on any atom is -0.393 e. The van der Waals surface area contributed by atoms with Gasteiger partial charge in [-0.15, -0.1) is 0 Å². The molecular formula is C15H28O. The predicted molar refractivity (Wildman–Crippen MR) is 68.2 cm³/mol. The Balaban J connectivity index is 1.90. The van der Waals surface area contributed by atoms with E-state index in [1.54, 1.807) is 0 Å². The van der Waals surface area contributed by atoms with Gasteiger partial charge in [0.05, 0.1) is 6.10 Å². The SMILES string of the molecule is CC1CCC(C2CC(C)C(O)C(C)C2)CC1. The minimum absolute atomic E-state index is 0.0428. The standard InChI is InChI=1S/C15H28O/c1-10-4-6-13(7-5-10)14-8-11(2)15(16)12(3)9-14/h10-16H,4-9H2,1-3H3. The zero-order chi connectivity index (χ0) is 11.7. The van der Waals surface area contributed by atoms with E-state index in [1.165, 1.54) is 38.5 Å². The van der Waals surface area contributed by atoms with Crippen LogP contribution in [0.2, 0.25) is 0 Å². The van der Waals surface area contributed by atoms with Crippen LogP contribution in [0.5, 0.6) is 0 Å². The first kappa shape index (κ1) is 12.4. The van der Waals surface area contributed by atoms with Gasteiger partial charge < -0.3 is 5.11 Å². The number of rotatable bonds is 1. The van der Waals surface area contributed by atoms with Gasteiger partial charge in [-0.3, -0.25) is 0 Å². The van der Waals surface area contributed by atoms with E-state index >= 15 is 0 Å². The van der Waals surface area contributed by atoms with E-state index in [2.05, 4.69) is 20.8 Å². The molecule has 2 saturated carbocycles. The molecule has 0 heterocycles. The van der Waals surface area contributed by atoms with E-state index in [0.29, 0.717) is 11.8 Å². The second-order valence-corrected chi connectivity index (χ2v) is 6.70. The molecule has 0 amide bonds. The summed E-state index contributed by atoms with van der Waals surface area (Å²) < 4.78 is 0. The van der Waals surface area contributed by atoms with Gasteiger partial charge in [-0.1, -0.05) is 33.6 Å². The van der Waals surface area contributed by atoms with Crippen molar-refractivity contribution in [3.05, 3.63) is 0 Å². The van der Waals surface area contributed by atoms with Gasteiger partial charge in [-0.05, 0) is 55.3 Å². The largest absolute Gasteiger partial charge is 0.393 e. The summed E-state index contributed by atoms with van der Waals surface area (Å²) in [6, 6.07) is 0. The molecule has 2 aliphatic carbocycles. The van der Waals surface area contributed by atoms with Crippen molar-refractivity contribution in [1.29, 1.82) is 0 Å². The summed E-state index contributed by atoms with van der Waals surface area (Å²) in [5, 5.41) is 10.0. The lowest BCUT2D eigenvalue weighted by molar-refractivity contribution is -0.00794. The molecule has 0 saturated heterocycles. The minimum atomic E-state index is -0.0428. The van der Waals surface area contributed by atoms with Gasteiger partial charge in [0.2, 0.25) is 0 Å². The lowest BCUT2D eigenvalue weighted by atomic mass is 9.66. The van der Waals surface area contributed by atoms with Crippen LogP contribution < -0.4 is 0 Å². The van der Waals surface area contributed by atoms with Crippen molar-refractivity contribution in [2.75, 3.05) is 0 Å². The highest BCUT2D eigenvalue weighted by Gasteiger charge is 2.36. The maximum Gasteiger partial charge on any atom is 0.0591 e. The highest BCUT2D eigenvalue weighted by atomic mass is 16.3. The summed E-state index contributed by atoms with van der Waals surface area (Å²) in [5.41, 5.74) is 0. The first-order valence-electron chi connectivity index (χ1n) is 7.26. The molecular weight excluding hydrogens is 196 g/mol. The normalized spacial score (nSPS) is 50.2.